The van der Waals surface area contributed by atoms with E-state index in [1.165, 1.54) is 11.1 Å². The summed E-state index contributed by atoms with van der Waals surface area (Å²) in [6.07, 6.45) is 4.83. The van der Waals surface area contributed by atoms with Crippen LogP contribution in [0.5, 0.6) is 0 Å². The lowest BCUT2D eigenvalue weighted by atomic mass is 10.1. The molecule has 5 nitrogen and oxygen atoms in total. The maximum absolute atomic E-state index is 6.39. The fourth-order valence-corrected chi connectivity index (χ4v) is 3.51. The molecule has 4 rings (SSSR count). The number of benzene rings is 2. The van der Waals surface area contributed by atoms with E-state index in [1.807, 2.05) is 71.5 Å². The van der Waals surface area contributed by atoms with Gasteiger partial charge in [0.1, 0.15) is 0 Å². The Bertz CT molecular complexity index is 954. The molecule has 1 N–H and O–H groups in total. The highest BCUT2D eigenvalue weighted by Crippen LogP contribution is 2.29. The molecular formula is C22H23ClN4O. The van der Waals surface area contributed by atoms with Gasteiger partial charge >= 0.3 is 0 Å². The smallest absolute Gasteiger partial charge is 0.0757 e. The zero-order valence-electron chi connectivity index (χ0n) is 15.8. The summed E-state index contributed by atoms with van der Waals surface area (Å²) in [6, 6.07) is 20.2. The fraction of sp³-hybridized carbons (Fsp3) is 0.227. The van der Waals surface area contributed by atoms with Gasteiger partial charge in [-0.25, -0.2) is 5.43 Å². The molecule has 144 valence electrons. The first-order valence-electron chi connectivity index (χ1n) is 9.30. The Morgan fingerprint density at radius 1 is 1.04 bits per heavy atom. The van der Waals surface area contributed by atoms with E-state index in [1.54, 1.807) is 0 Å². The molecule has 1 aliphatic heterocycles. The van der Waals surface area contributed by atoms with Crippen molar-refractivity contribution in [2.24, 2.45) is 7.05 Å². The highest BCUT2D eigenvalue weighted by Gasteiger charge is 2.26. The number of hydrogen-bond acceptors (Lipinski definition) is 4. The molecule has 0 saturated heterocycles. The molecule has 1 atom stereocenters. The second-order valence-corrected chi connectivity index (χ2v) is 7.28. The first-order chi connectivity index (χ1) is 13.7. The summed E-state index contributed by atoms with van der Waals surface area (Å²) in [5, 5.41) is 7.20. The number of rotatable bonds is 7. The summed E-state index contributed by atoms with van der Waals surface area (Å²) >= 11 is 6.39. The van der Waals surface area contributed by atoms with Crippen molar-refractivity contribution in [2.75, 3.05) is 11.6 Å². The average Bonchev–Trinajstić information content (AvgIpc) is 3.29. The number of nitrogens with one attached hydrogen (secondary N) is 1. The van der Waals surface area contributed by atoms with Gasteiger partial charge in [0.15, 0.2) is 0 Å². The topological polar surface area (TPSA) is 42.3 Å². The van der Waals surface area contributed by atoms with E-state index >= 15 is 0 Å². The number of ether oxygens (including phenoxy) is 1. The molecule has 1 aliphatic rings. The van der Waals surface area contributed by atoms with Crippen molar-refractivity contribution in [1.29, 1.82) is 0 Å². The maximum atomic E-state index is 6.39. The van der Waals surface area contributed by atoms with Gasteiger partial charge in [0.25, 0.3) is 0 Å². The predicted molar refractivity (Wildman–Crippen MR) is 112 cm³/mol. The van der Waals surface area contributed by atoms with Gasteiger partial charge < -0.3 is 4.74 Å². The van der Waals surface area contributed by atoms with Crippen molar-refractivity contribution in [1.82, 2.24) is 15.2 Å². The molecule has 0 radical (unpaired) electrons. The highest BCUT2D eigenvalue weighted by atomic mass is 35.5. The molecular weight excluding hydrogens is 372 g/mol. The molecule has 1 unspecified atom stereocenters. The van der Waals surface area contributed by atoms with E-state index in [-0.39, 0.29) is 6.04 Å². The molecule has 0 amide bonds. The lowest BCUT2D eigenvalue weighted by Crippen LogP contribution is -2.38. The third kappa shape index (κ3) is 4.44. The number of nitrogens with zero attached hydrogens (tertiary/aromatic N) is 3. The molecule has 0 saturated carbocycles. The molecule has 0 aliphatic carbocycles. The Balaban J connectivity index is 1.49. The van der Waals surface area contributed by atoms with Gasteiger partial charge in [0.2, 0.25) is 0 Å². The minimum absolute atomic E-state index is 0.0990. The zero-order chi connectivity index (χ0) is 19.3. The van der Waals surface area contributed by atoms with Crippen LogP contribution in [0.1, 0.15) is 11.3 Å². The van der Waals surface area contributed by atoms with E-state index in [0.717, 1.165) is 17.8 Å². The van der Waals surface area contributed by atoms with Gasteiger partial charge in [-0.2, -0.15) is 5.10 Å². The molecule has 0 fully saturated rings. The van der Waals surface area contributed by atoms with Crippen LogP contribution in [0.4, 0.5) is 5.69 Å². The van der Waals surface area contributed by atoms with Crippen molar-refractivity contribution in [3.8, 4) is 0 Å². The molecule has 0 spiro atoms. The lowest BCUT2D eigenvalue weighted by molar-refractivity contribution is 0.139. The summed E-state index contributed by atoms with van der Waals surface area (Å²) in [5.41, 5.74) is 7.83. The Labute approximate surface area is 170 Å². The number of anilines is 1. The molecule has 2 heterocycles. The molecule has 3 aromatic rings. The molecule has 2 aromatic carbocycles. The summed E-state index contributed by atoms with van der Waals surface area (Å²) in [4.78, 5) is 0. The van der Waals surface area contributed by atoms with E-state index in [0.29, 0.717) is 18.2 Å². The van der Waals surface area contributed by atoms with Crippen LogP contribution in [0.15, 0.2) is 78.6 Å². The quantitative estimate of drug-likeness (QED) is 0.654. The minimum Gasteiger partial charge on any atom is -0.372 e. The Morgan fingerprint density at radius 2 is 1.82 bits per heavy atom. The van der Waals surface area contributed by atoms with Crippen molar-refractivity contribution in [3.05, 3.63) is 94.9 Å². The van der Waals surface area contributed by atoms with Crippen molar-refractivity contribution in [2.45, 2.75) is 19.1 Å². The first kappa shape index (κ1) is 18.7. The Hall–Kier alpha value is -2.60. The van der Waals surface area contributed by atoms with Crippen LogP contribution < -0.4 is 10.4 Å². The third-order valence-corrected chi connectivity index (χ3v) is 5.03. The number of hydrogen-bond donors (Lipinski definition) is 1. The van der Waals surface area contributed by atoms with Crippen molar-refractivity contribution in [3.63, 3.8) is 0 Å². The second kappa shape index (κ2) is 8.61. The van der Waals surface area contributed by atoms with Gasteiger partial charge in [-0.15, -0.1) is 0 Å². The third-order valence-electron chi connectivity index (χ3n) is 4.71. The lowest BCUT2D eigenvalue weighted by Gasteiger charge is -2.21. The number of hydrazine groups is 1. The Morgan fingerprint density at radius 3 is 2.57 bits per heavy atom. The number of aromatic nitrogens is 2. The molecule has 6 heteroatoms. The molecule has 0 bridgehead atoms. The van der Waals surface area contributed by atoms with Crippen LogP contribution in [-0.2, 0) is 24.8 Å². The van der Waals surface area contributed by atoms with Crippen LogP contribution >= 0.6 is 11.6 Å². The van der Waals surface area contributed by atoms with Crippen LogP contribution in [0.25, 0.3) is 0 Å². The van der Waals surface area contributed by atoms with E-state index < -0.39 is 0 Å². The van der Waals surface area contributed by atoms with Crippen LogP contribution in [-0.4, -0.2) is 22.4 Å². The van der Waals surface area contributed by atoms with Crippen LogP contribution in [0.3, 0.4) is 0 Å². The molecule has 28 heavy (non-hydrogen) atoms. The van der Waals surface area contributed by atoms with E-state index in [9.17, 15) is 0 Å². The van der Waals surface area contributed by atoms with Gasteiger partial charge in [0, 0.05) is 25.9 Å². The first-order valence-corrected chi connectivity index (χ1v) is 9.67. The normalized spacial score (nSPS) is 16.4. The summed E-state index contributed by atoms with van der Waals surface area (Å²) in [5.74, 6) is 0. The van der Waals surface area contributed by atoms with Gasteiger partial charge in [0.05, 0.1) is 35.7 Å². The minimum atomic E-state index is 0.0990. The van der Waals surface area contributed by atoms with Crippen molar-refractivity contribution >= 4 is 17.3 Å². The fourth-order valence-electron chi connectivity index (χ4n) is 3.29. The monoisotopic (exact) mass is 394 g/mol. The number of aryl methyl sites for hydroxylation is 1. The van der Waals surface area contributed by atoms with Crippen LogP contribution in [0, 0.1) is 0 Å². The van der Waals surface area contributed by atoms with Gasteiger partial charge in [-0.1, -0.05) is 54.1 Å². The summed E-state index contributed by atoms with van der Waals surface area (Å²) < 4.78 is 7.82. The van der Waals surface area contributed by atoms with Crippen molar-refractivity contribution < 1.29 is 4.74 Å². The van der Waals surface area contributed by atoms with Gasteiger partial charge in [-0.05, 0) is 29.3 Å². The maximum Gasteiger partial charge on any atom is 0.0757 e. The SMILES string of the molecule is Cn1ccc(CC2NN(c3ccccc3Cl)C=C2COCc2ccccc2)n1. The highest BCUT2D eigenvalue weighted by molar-refractivity contribution is 6.33. The predicted octanol–water partition coefficient (Wildman–Crippen LogP) is 4.11. The zero-order valence-corrected chi connectivity index (χ0v) is 16.5. The molecule has 1 aromatic heterocycles. The summed E-state index contributed by atoms with van der Waals surface area (Å²) in [7, 11) is 1.93. The number of para-hydroxylation sites is 1. The van der Waals surface area contributed by atoms with Gasteiger partial charge in [-0.3, -0.25) is 9.69 Å². The standard InChI is InChI=1S/C22H23ClN4O/c1-26-12-11-19(24-26)13-21-18(16-28-15-17-7-3-2-4-8-17)14-27(25-21)22-10-6-5-9-20(22)23/h2-12,14,21,25H,13,15-16H2,1H3. The largest absolute Gasteiger partial charge is 0.372 e. The second-order valence-electron chi connectivity index (χ2n) is 6.87. The van der Waals surface area contributed by atoms with E-state index in [4.69, 9.17) is 16.3 Å². The number of halogens is 1. The van der Waals surface area contributed by atoms with Crippen LogP contribution in [0.2, 0.25) is 5.02 Å². The summed E-state index contributed by atoms with van der Waals surface area (Å²) in [6.45, 7) is 1.13. The van der Waals surface area contributed by atoms with E-state index in [2.05, 4.69) is 28.9 Å². The Kier molecular flexibility index (Phi) is 5.76. The average molecular weight is 395 g/mol.